The quantitative estimate of drug-likeness (QED) is 0.849. The number of aromatic nitrogens is 3. The van der Waals surface area contributed by atoms with E-state index in [4.69, 9.17) is 9.47 Å². The van der Waals surface area contributed by atoms with Crippen molar-refractivity contribution in [1.29, 1.82) is 0 Å². The van der Waals surface area contributed by atoms with Crippen LogP contribution in [0.4, 0.5) is 0 Å². The molecule has 0 aliphatic carbocycles. The van der Waals surface area contributed by atoms with Gasteiger partial charge in [-0.05, 0) is 11.4 Å². The second-order valence-electron chi connectivity index (χ2n) is 5.30. The van der Waals surface area contributed by atoms with Gasteiger partial charge in [0.15, 0.2) is 5.79 Å². The Morgan fingerprint density at radius 2 is 2.15 bits per heavy atom. The highest BCUT2D eigenvalue weighted by molar-refractivity contribution is 7.09. The summed E-state index contributed by atoms with van der Waals surface area (Å²) in [6, 6.07) is 4.22. The molecule has 6 heteroatoms. The van der Waals surface area contributed by atoms with Gasteiger partial charge in [0.25, 0.3) is 0 Å². The van der Waals surface area contributed by atoms with Gasteiger partial charge >= 0.3 is 0 Å². The van der Waals surface area contributed by atoms with Crippen LogP contribution in [0.2, 0.25) is 0 Å². The molecule has 1 saturated heterocycles. The smallest absolute Gasteiger partial charge is 0.170 e. The van der Waals surface area contributed by atoms with Crippen LogP contribution in [0.3, 0.4) is 0 Å². The first kappa shape index (κ1) is 12.5. The van der Waals surface area contributed by atoms with E-state index in [0.29, 0.717) is 13.2 Å². The van der Waals surface area contributed by atoms with Crippen molar-refractivity contribution in [2.45, 2.75) is 38.0 Å². The first-order valence-corrected chi connectivity index (χ1v) is 7.94. The lowest BCUT2D eigenvalue weighted by atomic mass is 10.1. The van der Waals surface area contributed by atoms with Crippen molar-refractivity contribution in [2.75, 3.05) is 13.2 Å². The summed E-state index contributed by atoms with van der Waals surface area (Å²) in [5, 5.41) is 10.8. The Kier molecular flexibility index (Phi) is 3.09. The molecule has 2 aliphatic heterocycles. The van der Waals surface area contributed by atoms with E-state index in [-0.39, 0.29) is 5.79 Å². The van der Waals surface area contributed by atoms with Gasteiger partial charge in [0, 0.05) is 37.1 Å². The zero-order valence-electron chi connectivity index (χ0n) is 11.2. The van der Waals surface area contributed by atoms with Crippen molar-refractivity contribution >= 4 is 11.3 Å². The Labute approximate surface area is 121 Å². The van der Waals surface area contributed by atoms with Crippen LogP contribution in [0.15, 0.2) is 17.5 Å². The highest BCUT2D eigenvalue weighted by Crippen LogP contribution is 2.32. The third-order valence-electron chi connectivity index (χ3n) is 4.08. The van der Waals surface area contributed by atoms with Crippen LogP contribution in [-0.4, -0.2) is 33.8 Å². The molecule has 0 aromatic carbocycles. The molecule has 0 radical (unpaired) electrons. The Balaban J connectivity index is 1.57. The van der Waals surface area contributed by atoms with Gasteiger partial charge in [-0.1, -0.05) is 6.07 Å². The second-order valence-corrected chi connectivity index (χ2v) is 6.33. The highest BCUT2D eigenvalue weighted by Gasteiger charge is 2.38. The highest BCUT2D eigenvalue weighted by atomic mass is 32.1. The number of rotatable bonds is 2. The zero-order valence-corrected chi connectivity index (χ0v) is 12.1. The minimum Gasteiger partial charge on any atom is -0.347 e. The number of ether oxygens (including phenoxy) is 2. The maximum Gasteiger partial charge on any atom is 0.170 e. The summed E-state index contributed by atoms with van der Waals surface area (Å²) in [5.74, 6) is 1.74. The normalized spacial score (nSPS) is 21.0. The largest absolute Gasteiger partial charge is 0.347 e. The van der Waals surface area contributed by atoms with Crippen molar-refractivity contribution in [1.82, 2.24) is 14.8 Å². The Morgan fingerprint density at radius 3 is 2.95 bits per heavy atom. The first-order valence-electron chi connectivity index (χ1n) is 7.06. The summed E-state index contributed by atoms with van der Waals surface area (Å²) in [6.07, 6.45) is 3.50. The van der Waals surface area contributed by atoms with Crippen molar-refractivity contribution in [3.05, 3.63) is 34.0 Å². The lowest BCUT2D eigenvalue weighted by Gasteiger charge is -2.25. The molecule has 2 aromatic rings. The van der Waals surface area contributed by atoms with Gasteiger partial charge in [-0.15, -0.1) is 21.5 Å². The summed E-state index contributed by atoms with van der Waals surface area (Å²) in [7, 11) is 0. The van der Waals surface area contributed by atoms with E-state index in [0.717, 1.165) is 43.9 Å². The number of aryl methyl sites for hydroxylation is 1. The van der Waals surface area contributed by atoms with E-state index >= 15 is 0 Å². The summed E-state index contributed by atoms with van der Waals surface area (Å²) < 4.78 is 13.9. The molecule has 0 atom stereocenters. The van der Waals surface area contributed by atoms with Gasteiger partial charge in [-0.2, -0.15) is 0 Å². The van der Waals surface area contributed by atoms with Crippen molar-refractivity contribution in [2.24, 2.45) is 0 Å². The number of fused-ring (bicyclic) bond motifs is 1. The van der Waals surface area contributed by atoms with Crippen LogP contribution in [-0.2, 0) is 28.9 Å². The topological polar surface area (TPSA) is 49.2 Å². The summed E-state index contributed by atoms with van der Waals surface area (Å²) in [5.41, 5.74) is 0. The van der Waals surface area contributed by atoms with Gasteiger partial charge in [0.1, 0.15) is 11.6 Å². The summed E-state index contributed by atoms with van der Waals surface area (Å²) in [6.45, 7) is 2.30. The molecule has 0 saturated carbocycles. The van der Waals surface area contributed by atoms with Crippen molar-refractivity contribution in [3.8, 4) is 0 Å². The van der Waals surface area contributed by atoms with Crippen molar-refractivity contribution < 1.29 is 9.47 Å². The molecule has 2 aliphatic rings. The van der Waals surface area contributed by atoms with Crippen LogP contribution in [0.5, 0.6) is 0 Å². The molecule has 106 valence electrons. The van der Waals surface area contributed by atoms with E-state index in [1.807, 2.05) is 0 Å². The van der Waals surface area contributed by atoms with E-state index in [1.54, 1.807) is 11.3 Å². The Hall–Kier alpha value is -1.24. The summed E-state index contributed by atoms with van der Waals surface area (Å²) in [4.78, 5) is 1.33. The lowest BCUT2D eigenvalue weighted by Crippen LogP contribution is -2.30. The Morgan fingerprint density at radius 1 is 1.25 bits per heavy atom. The monoisotopic (exact) mass is 291 g/mol. The second kappa shape index (κ2) is 4.95. The summed E-state index contributed by atoms with van der Waals surface area (Å²) >= 11 is 1.77. The van der Waals surface area contributed by atoms with Gasteiger partial charge in [0.2, 0.25) is 0 Å². The first-order chi connectivity index (χ1) is 9.85. The molecule has 0 N–H and O–H groups in total. The average Bonchev–Trinajstić information content (AvgIpc) is 3.15. The molecule has 4 heterocycles. The molecule has 2 aromatic heterocycles. The lowest BCUT2D eigenvalue weighted by molar-refractivity contribution is -0.165. The maximum atomic E-state index is 5.83. The van der Waals surface area contributed by atoms with Crippen LogP contribution >= 0.6 is 11.3 Å². The van der Waals surface area contributed by atoms with Gasteiger partial charge in [0.05, 0.1) is 13.2 Å². The molecule has 0 amide bonds. The van der Waals surface area contributed by atoms with Crippen LogP contribution in [0.25, 0.3) is 0 Å². The van der Waals surface area contributed by atoms with Gasteiger partial charge in [-0.25, -0.2) is 0 Å². The van der Waals surface area contributed by atoms with Crippen LogP contribution in [0.1, 0.15) is 29.4 Å². The molecule has 5 nitrogen and oxygen atoms in total. The van der Waals surface area contributed by atoms with E-state index in [2.05, 4.69) is 32.3 Å². The third kappa shape index (κ3) is 2.17. The van der Waals surface area contributed by atoms with Gasteiger partial charge < -0.3 is 14.0 Å². The Bertz CT molecular complexity index is 588. The zero-order chi connectivity index (χ0) is 13.4. The van der Waals surface area contributed by atoms with Gasteiger partial charge in [-0.3, -0.25) is 0 Å². The fourth-order valence-corrected chi connectivity index (χ4v) is 3.71. The molecular weight excluding hydrogens is 274 g/mol. The average molecular weight is 291 g/mol. The van der Waals surface area contributed by atoms with Crippen LogP contribution in [0, 0.1) is 0 Å². The number of thiophene rings is 1. The van der Waals surface area contributed by atoms with E-state index in [1.165, 1.54) is 4.88 Å². The number of hydrogen-bond donors (Lipinski definition) is 0. The minimum atomic E-state index is -0.374. The molecule has 1 spiro atoms. The third-order valence-corrected chi connectivity index (χ3v) is 4.95. The van der Waals surface area contributed by atoms with Crippen molar-refractivity contribution in [3.63, 3.8) is 0 Å². The molecule has 0 unspecified atom stereocenters. The fraction of sp³-hybridized carbons (Fsp3) is 0.571. The standard InChI is InChI=1S/C14H17N3O2S/c1-2-11(20-9-1)10-13-16-15-12-3-4-14(5-6-17(12)13)18-7-8-19-14/h1-2,9H,3-8,10H2. The molecule has 1 fully saturated rings. The number of hydrogen-bond acceptors (Lipinski definition) is 5. The molecular formula is C14H17N3O2S. The predicted molar refractivity (Wildman–Crippen MR) is 74.7 cm³/mol. The molecule has 20 heavy (non-hydrogen) atoms. The fourth-order valence-electron chi connectivity index (χ4n) is 3.01. The van der Waals surface area contributed by atoms with Crippen LogP contribution < -0.4 is 0 Å². The molecule has 0 bridgehead atoms. The maximum absolute atomic E-state index is 5.83. The predicted octanol–water partition coefficient (Wildman–Crippen LogP) is 2.01. The van der Waals surface area contributed by atoms with E-state index < -0.39 is 0 Å². The molecule has 4 rings (SSSR count). The SMILES string of the molecule is c1csc(Cc2nnc3n2CCC2(CC3)OCCO2)c1. The minimum absolute atomic E-state index is 0.374. The number of nitrogens with zero attached hydrogens (tertiary/aromatic N) is 3. The van der Waals surface area contributed by atoms with E-state index in [9.17, 15) is 0 Å².